The van der Waals surface area contributed by atoms with E-state index in [2.05, 4.69) is 35.0 Å². The number of aromatic nitrogens is 1. The summed E-state index contributed by atoms with van der Waals surface area (Å²) in [4.78, 5) is 27.5. The van der Waals surface area contributed by atoms with Crippen LogP contribution in [-0.4, -0.2) is 21.9 Å². The number of carbonyl (C=O) groups excluding carboxylic acids is 2. The molecule has 1 aromatic heterocycles. The van der Waals surface area contributed by atoms with Crippen molar-refractivity contribution in [1.82, 2.24) is 21.2 Å². The van der Waals surface area contributed by atoms with Crippen molar-refractivity contribution in [3.05, 3.63) is 71.6 Å². The standard InChI is InChI=1S/C19H20N4O2S/c1-13(2)15-6-3-14(4-7-15)5-8-17(24)21-19(26)23-22-18(25)16-9-11-20-12-10-16/h3-13H,1-2H3,(H,22,25)(H2,21,23,24,26). The molecule has 1 aromatic carbocycles. The minimum atomic E-state index is -0.395. The van der Waals surface area contributed by atoms with E-state index < -0.39 is 5.91 Å². The van der Waals surface area contributed by atoms with E-state index in [0.717, 1.165) is 5.56 Å². The van der Waals surface area contributed by atoms with Gasteiger partial charge in [-0.3, -0.25) is 30.7 Å². The van der Waals surface area contributed by atoms with E-state index in [1.807, 2.05) is 24.3 Å². The molecule has 0 radical (unpaired) electrons. The number of pyridine rings is 1. The zero-order valence-corrected chi connectivity index (χ0v) is 15.3. The number of hydrazine groups is 1. The van der Waals surface area contributed by atoms with E-state index in [1.165, 1.54) is 24.0 Å². The van der Waals surface area contributed by atoms with Gasteiger partial charge in [-0.1, -0.05) is 38.1 Å². The number of nitrogens with one attached hydrogen (secondary N) is 3. The monoisotopic (exact) mass is 368 g/mol. The maximum Gasteiger partial charge on any atom is 0.269 e. The third-order valence-corrected chi connectivity index (χ3v) is 3.70. The molecule has 0 aliphatic heterocycles. The second-order valence-electron chi connectivity index (χ2n) is 5.79. The fourth-order valence-corrected chi connectivity index (χ4v) is 2.19. The molecule has 2 rings (SSSR count). The zero-order valence-electron chi connectivity index (χ0n) is 14.5. The predicted molar refractivity (Wildman–Crippen MR) is 105 cm³/mol. The summed E-state index contributed by atoms with van der Waals surface area (Å²) in [7, 11) is 0. The van der Waals surface area contributed by atoms with Crippen molar-refractivity contribution in [2.45, 2.75) is 19.8 Å². The predicted octanol–water partition coefficient (Wildman–Crippen LogP) is 2.55. The average Bonchev–Trinajstić information content (AvgIpc) is 2.65. The highest BCUT2D eigenvalue weighted by atomic mass is 32.1. The first-order chi connectivity index (χ1) is 12.5. The zero-order chi connectivity index (χ0) is 18.9. The van der Waals surface area contributed by atoms with E-state index in [1.54, 1.807) is 18.2 Å². The van der Waals surface area contributed by atoms with Crippen molar-refractivity contribution in [2.75, 3.05) is 0 Å². The number of nitrogens with zero attached hydrogens (tertiary/aromatic N) is 1. The average molecular weight is 368 g/mol. The van der Waals surface area contributed by atoms with Gasteiger partial charge >= 0.3 is 0 Å². The van der Waals surface area contributed by atoms with Crippen LogP contribution >= 0.6 is 12.2 Å². The summed E-state index contributed by atoms with van der Waals surface area (Å²) in [5.41, 5.74) is 7.45. The van der Waals surface area contributed by atoms with Crippen molar-refractivity contribution < 1.29 is 9.59 Å². The third kappa shape index (κ3) is 6.10. The van der Waals surface area contributed by atoms with Crippen molar-refractivity contribution in [1.29, 1.82) is 0 Å². The summed E-state index contributed by atoms with van der Waals surface area (Å²) >= 11 is 4.97. The van der Waals surface area contributed by atoms with Crippen molar-refractivity contribution in [3.63, 3.8) is 0 Å². The number of hydrogen-bond donors (Lipinski definition) is 3. The van der Waals surface area contributed by atoms with E-state index in [-0.39, 0.29) is 11.0 Å². The Bertz CT molecular complexity index is 802. The lowest BCUT2D eigenvalue weighted by Gasteiger charge is -2.09. The van der Waals surface area contributed by atoms with E-state index >= 15 is 0 Å². The summed E-state index contributed by atoms with van der Waals surface area (Å²) in [5.74, 6) is -0.319. The fourth-order valence-electron chi connectivity index (χ4n) is 2.04. The molecule has 0 atom stereocenters. The van der Waals surface area contributed by atoms with Gasteiger partial charge in [0.05, 0.1) is 0 Å². The number of rotatable bonds is 4. The van der Waals surface area contributed by atoms with Gasteiger partial charge in [0.15, 0.2) is 5.11 Å². The van der Waals surface area contributed by atoms with Gasteiger partial charge in [0.25, 0.3) is 5.91 Å². The Morgan fingerprint density at radius 1 is 1.04 bits per heavy atom. The minimum Gasteiger partial charge on any atom is -0.298 e. The maximum absolute atomic E-state index is 11.9. The van der Waals surface area contributed by atoms with E-state index in [0.29, 0.717) is 11.5 Å². The van der Waals surface area contributed by atoms with Crippen LogP contribution in [0.3, 0.4) is 0 Å². The molecule has 0 aliphatic rings. The first kappa shape index (κ1) is 19.3. The summed E-state index contributed by atoms with van der Waals surface area (Å²) in [6.07, 6.45) is 6.08. The van der Waals surface area contributed by atoms with Gasteiger partial charge in [0.2, 0.25) is 5.91 Å². The number of thiocarbonyl (C=S) groups is 1. The highest BCUT2D eigenvalue weighted by molar-refractivity contribution is 7.80. The summed E-state index contributed by atoms with van der Waals surface area (Å²) in [6.45, 7) is 4.25. The van der Waals surface area contributed by atoms with Gasteiger partial charge in [0, 0.05) is 24.0 Å². The molecule has 0 spiro atoms. The minimum absolute atomic E-state index is 0.00258. The maximum atomic E-state index is 11.9. The highest BCUT2D eigenvalue weighted by Gasteiger charge is 2.06. The van der Waals surface area contributed by atoms with Gasteiger partial charge < -0.3 is 0 Å². The molecule has 3 N–H and O–H groups in total. The molecule has 0 unspecified atom stereocenters. The van der Waals surface area contributed by atoms with E-state index in [9.17, 15) is 9.59 Å². The number of amides is 2. The summed E-state index contributed by atoms with van der Waals surface area (Å²) in [5, 5.41) is 2.45. The first-order valence-corrected chi connectivity index (χ1v) is 8.46. The van der Waals surface area contributed by atoms with Gasteiger partial charge in [0.1, 0.15) is 0 Å². The van der Waals surface area contributed by atoms with Crippen LogP contribution in [0.1, 0.15) is 41.3 Å². The van der Waals surface area contributed by atoms with Crippen molar-refractivity contribution in [3.8, 4) is 0 Å². The SMILES string of the molecule is CC(C)c1ccc(C=CC(=O)NC(=S)NNC(=O)c2ccncc2)cc1. The third-order valence-electron chi connectivity index (χ3n) is 3.50. The van der Waals surface area contributed by atoms with Crippen LogP contribution in [0.25, 0.3) is 6.08 Å². The molecule has 0 aliphatic carbocycles. The molecule has 2 aromatic rings. The fraction of sp³-hybridized carbons (Fsp3) is 0.158. The van der Waals surface area contributed by atoms with Gasteiger partial charge in [-0.2, -0.15) is 0 Å². The normalized spacial score (nSPS) is 10.6. The number of carbonyl (C=O) groups is 2. The summed E-state index contributed by atoms with van der Waals surface area (Å²) < 4.78 is 0. The largest absolute Gasteiger partial charge is 0.298 e. The molecular formula is C19H20N4O2S. The number of benzene rings is 1. The number of hydrogen-bond acceptors (Lipinski definition) is 4. The molecule has 0 saturated carbocycles. The van der Waals surface area contributed by atoms with Crippen LogP contribution in [0, 0.1) is 0 Å². The molecule has 1 heterocycles. The molecule has 0 saturated heterocycles. The van der Waals surface area contributed by atoms with Crippen molar-refractivity contribution in [2.24, 2.45) is 0 Å². The van der Waals surface area contributed by atoms with Crippen LogP contribution in [-0.2, 0) is 4.79 Å². The molecule has 0 bridgehead atoms. The van der Waals surface area contributed by atoms with Crippen LogP contribution in [0.5, 0.6) is 0 Å². The first-order valence-electron chi connectivity index (χ1n) is 8.05. The van der Waals surface area contributed by atoms with Gasteiger partial charge in [-0.05, 0) is 47.5 Å². The Kier molecular flexibility index (Phi) is 6.99. The highest BCUT2D eigenvalue weighted by Crippen LogP contribution is 2.15. The molecule has 0 fully saturated rings. The lowest BCUT2D eigenvalue weighted by molar-refractivity contribution is -0.115. The molecule has 134 valence electrons. The van der Waals surface area contributed by atoms with Crippen LogP contribution in [0.2, 0.25) is 0 Å². The van der Waals surface area contributed by atoms with Crippen molar-refractivity contribution >= 4 is 35.2 Å². The van der Waals surface area contributed by atoms with Gasteiger partial charge in [-0.15, -0.1) is 0 Å². The molecular weight excluding hydrogens is 348 g/mol. The Balaban J connectivity index is 1.79. The Morgan fingerprint density at radius 2 is 1.69 bits per heavy atom. The topological polar surface area (TPSA) is 83.1 Å². The quantitative estimate of drug-likeness (QED) is 0.439. The smallest absolute Gasteiger partial charge is 0.269 e. The molecule has 6 nitrogen and oxygen atoms in total. The second kappa shape index (κ2) is 9.43. The Morgan fingerprint density at radius 3 is 2.31 bits per heavy atom. The Hall–Kier alpha value is -3.06. The Labute approximate surface area is 157 Å². The van der Waals surface area contributed by atoms with Crippen LogP contribution in [0.4, 0.5) is 0 Å². The molecule has 26 heavy (non-hydrogen) atoms. The van der Waals surface area contributed by atoms with E-state index in [4.69, 9.17) is 12.2 Å². The lowest BCUT2D eigenvalue weighted by atomic mass is 10.0. The lowest BCUT2D eigenvalue weighted by Crippen LogP contribution is -2.48. The summed E-state index contributed by atoms with van der Waals surface area (Å²) in [6, 6.07) is 11.1. The molecule has 2 amide bonds. The van der Waals surface area contributed by atoms with Crippen LogP contribution < -0.4 is 16.2 Å². The molecule has 7 heteroatoms. The van der Waals surface area contributed by atoms with Crippen LogP contribution in [0.15, 0.2) is 54.9 Å². The van der Waals surface area contributed by atoms with Gasteiger partial charge in [-0.25, -0.2) is 0 Å². The second-order valence-corrected chi connectivity index (χ2v) is 6.20.